The predicted octanol–water partition coefficient (Wildman–Crippen LogP) is 4.08. The summed E-state index contributed by atoms with van der Waals surface area (Å²) in [7, 11) is 1.73. The molecule has 2 heteroatoms. The van der Waals surface area contributed by atoms with Gasteiger partial charge in [0.05, 0.1) is 13.2 Å². The van der Waals surface area contributed by atoms with Gasteiger partial charge in [0.1, 0.15) is 5.75 Å². The lowest BCUT2D eigenvalue weighted by atomic mass is 9.49. The monoisotopic (exact) mass is 298 g/mol. The van der Waals surface area contributed by atoms with Gasteiger partial charge in [0.2, 0.25) is 0 Å². The lowest BCUT2D eigenvalue weighted by molar-refractivity contribution is -0.0755. The van der Waals surface area contributed by atoms with Crippen LogP contribution in [-0.2, 0) is 6.42 Å². The van der Waals surface area contributed by atoms with Crippen LogP contribution in [0.25, 0.3) is 0 Å². The molecule has 118 valence electrons. The van der Waals surface area contributed by atoms with Crippen LogP contribution in [0.3, 0.4) is 0 Å². The molecular formula is C20H26O2. The van der Waals surface area contributed by atoms with Crippen LogP contribution in [0.5, 0.6) is 5.75 Å². The SMILES string of the molecule is COc1ccc2c(c1)CC[C@H]1[C@H]2C[C@@H](O)[C@H]2CC=CC[C@@]21C. The molecular weight excluding hydrogens is 272 g/mol. The number of rotatable bonds is 1. The Morgan fingerprint density at radius 1 is 1.23 bits per heavy atom. The number of methoxy groups -OCH3 is 1. The average molecular weight is 298 g/mol. The topological polar surface area (TPSA) is 29.5 Å². The molecule has 0 saturated heterocycles. The number of aliphatic hydroxyl groups is 1. The molecule has 0 aliphatic heterocycles. The maximum Gasteiger partial charge on any atom is 0.119 e. The normalized spacial score (nSPS) is 39.6. The highest BCUT2D eigenvalue weighted by Crippen LogP contribution is 2.59. The van der Waals surface area contributed by atoms with Crippen molar-refractivity contribution < 1.29 is 9.84 Å². The van der Waals surface area contributed by atoms with Crippen LogP contribution in [-0.4, -0.2) is 18.3 Å². The molecule has 4 rings (SSSR count). The van der Waals surface area contributed by atoms with E-state index in [1.54, 1.807) is 7.11 Å². The van der Waals surface area contributed by atoms with E-state index in [1.807, 2.05) is 0 Å². The van der Waals surface area contributed by atoms with Gasteiger partial charge in [-0.05, 0) is 78.5 Å². The van der Waals surface area contributed by atoms with Crippen LogP contribution in [0.4, 0.5) is 0 Å². The first-order chi connectivity index (χ1) is 10.6. The van der Waals surface area contributed by atoms with Gasteiger partial charge < -0.3 is 9.84 Å². The van der Waals surface area contributed by atoms with Crippen molar-refractivity contribution in [3.05, 3.63) is 41.5 Å². The molecule has 1 aromatic rings. The maximum absolute atomic E-state index is 10.8. The van der Waals surface area contributed by atoms with Crippen LogP contribution in [0.15, 0.2) is 30.4 Å². The summed E-state index contributed by atoms with van der Waals surface area (Å²) in [6.45, 7) is 2.43. The third-order valence-electron chi connectivity index (χ3n) is 6.73. The number of hydrogen-bond donors (Lipinski definition) is 1. The van der Waals surface area contributed by atoms with Crippen LogP contribution in [0.2, 0.25) is 0 Å². The molecule has 3 aliphatic rings. The van der Waals surface area contributed by atoms with Crippen molar-refractivity contribution in [1.29, 1.82) is 0 Å². The maximum atomic E-state index is 10.8. The molecule has 0 spiro atoms. The number of aryl methyl sites for hydroxylation is 1. The molecule has 1 fully saturated rings. The van der Waals surface area contributed by atoms with Crippen molar-refractivity contribution in [2.75, 3.05) is 7.11 Å². The number of benzene rings is 1. The molecule has 22 heavy (non-hydrogen) atoms. The second-order valence-electron chi connectivity index (χ2n) is 7.64. The lowest BCUT2D eigenvalue weighted by Gasteiger charge is -2.56. The summed E-state index contributed by atoms with van der Waals surface area (Å²) in [5.41, 5.74) is 3.15. The Labute approximate surface area is 133 Å². The molecule has 1 aromatic carbocycles. The zero-order valence-electron chi connectivity index (χ0n) is 13.6. The number of fused-ring (bicyclic) bond motifs is 5. The van der Waals surface area contributed by atoms with Gasteiger partial charge >= 0.3 is 0 Å². The van der Waals surface area contributed by atoms with Gasteiger partial charge in [0.15, 0.2) is 0 Å². The second kappa shape index (κ2) is 5.13. The van der Waals surface area contributed by atoms with Crippen molar-refractivity contribution in [1.82, 2.24) is 0 Å². The fraction of sp³-hybridized carbons (Fsp3) is 0.600. The summed E-state index contributed by atoms with van der Waals surface area (Å²) in [4.78, 5) is 0. The van der Waals surface area contributed by atoms with E-state index in [9.17, 15) is 5.11 Å². The molecule has 1 N–H and O–H groups in total. The Bertz CT molecular complexity index is 606. The van der Waals surface area contributed by atoms with Gasteiger partial charge in [-0.1, -0.05) is 25.1 Å². The highest BCUT2D eigenvalue weighted by atomic mass is 16.5. The minimum absolute atomic E-state index is 0.163. The first kappa shape index (κ1) is 14.3. The summed E-state index contributed by atoms with van der Waals surface area (Å²) < 4.78 is 5.38. The molecule has 0 bridgehead atoms. The molecule has 0 unspecified atom stereocenters. The molecule has 1 saturated carbocycles. The van der Waals surface area contributed by atoms with Gasteiger partial charge in [0, 0.05) is 0 Å². The Hall–Kier alpha value is -1.28. The molecule has 0 heterocycles. The highest BCUT2D eigenvalue weighted by Gasteiger charge is 2.53. The Morgan fingerprint density at radius 2 is 2.09 bits per heavy atom. The number of aliphatic hydroxyl groups excluding tert-OH is 1. The van der Waals surface area contributed by atoms with Crippen LogP contribution >= 0.6 is 0 Å². The van der Waals surface area contributed by atoms with E-state index in [0.29, 0.717) is 17.8 Å². The Kier molecular flexibility index (Phi) is 3.34. The number of hydrogen-bond acceptors (Lipinski definition) is 2. The van der Waals surface area contributed by atoms with Crippen molar-refractivity contribution in [2.45, 2.75) is 51.0 Å². The molecule has 2 nitrogen and oxygen atoms in total. The van der Waals surface area contributed by atoms with Gasteiger partial charge in [-0.2, -0.15) is 0 Å². The molecule has 0 radical (unpaired) electrons. The third kappa shape index (κ3) is 1.96. The van der Waals surface area contributed by atoms with E-state index in [2.05, 4.69) is 37.3 Å². The van der Waals surface area contributed by atoms with Crippen LogP contribution in [0.1, 0.15) is 49.7 Å². The minimum Gasteiger partial charge on any atom is -0.497 e. The quantitative estimate of drug-likeness (QED) is 0.792. The molecule has 5 atom stereocenters. The standard InChI is InChI=1S/C20H26O2/c1-20-10-4-3-5-18(20)19(21)12-16-15-8-7-14(22-2)11-13(15)6-9-17(16)20/h3-4,7-8,11,16-19,21H,5-6,9-10,12H2,1-2H3/t16-,17-,18+,19+,20+/m0/s1. The predicted molar refractivity (Wildman–Crippen MR) is 88.1 cm³/mol. The third-order valence-corrected chi connectivity index (χ3v) is 6.73. The highest BCUT2D eigenvalue weighted by molar-refractivity contribution is 5.41. The molecule has 3 aliphatic carbocycles. The second-order valence-corrected chi connectivity index (χ2v) is 7.64. The fourth-order valence-electron chi connectivity index (χ4n) is 5.54. The summed E-state index contributed by atoms with van der Waals surface area (Å²) in [6.07, 6.45) is 9.96. The fourth-order valence-corrected chi connectivity index (χ4v) is 5.54. The van der Waals surface area contributed by atoms with E-state index in [1.165, 1.54) is 17.5 Å². The summed E-state index contributed by atoms with van der Waals surface area (Å²) >= 11 is 0. The Balaban J connectivity index is 1.75. The van der Waals surface area contributed by atoms with Crippen molar-refractivity contribution in [3.63, 3.8) is 0 Å². The van der Waals surface area contributed by atoms with E-state index in [-0.39, 0.29) is 11.5 Å². The largest absolute Gasteiger partial charge is 0.497 e. The smallest absolute Gasteiger partial charge is 0.119 e. The van der Waals surface area contributed by atoms with E-state index < -0.39 is 0 Å². The zero-order valence-corrected chi connectivity index (χ0v) is 13.6. The van der Waals surface area contributed by atoms with E-state index >= 15 is 0 Å². The molecule has 0 aromatic heterocycles. The summed E-state index contributed by atoms with van der Waals surface area (Å²) in [6, 6.07) is 6.54. The van der Waals surface area contributed by atoms with Crippen molar-refractivity contribution in [2.24, 2.45) is 17.3 Å². The van der Waals surface area contributed by atoms with Gasteiger partial charge in [-0.15, -0.1) is 0 Å². The lowest BCUT2D eigenvalue weighted by Crippen LogP contribution is -2.51. The van der Waals surface area contributed by atoms with Crippen molar-refractivity contribution >= 4 is 0 Å². The first-order valence-electron chi connectivity index (χ1n) is 8.63. The average Bonchev–Trinajstić information content (AvgIpc) is 2.54. The zero-order chi connectivity index (χ0) is 15.3. The summed E-state index contributed by atoms with van der Waals surface area (Å²) in [5.74, 6) is 2.61. The first-order valence-corrected chi connectivity index (χ1v) is 8.63. The van der Waals surface area contributed by atoms with Crippen LogP contribution < -0.4 is 4.74 Å². The van der Waals surface area contributed by atoms with E-state index in [4.69, 9.17) is 4.74 Å². The van der Waals surface area contributed by atoms with Gasteiger partial charge in [-0.3, -0.25) is 0 Å². The number of ether oxygens (including phenoxy) is 1. The minimum atomic E-state index is -0.163. The van der Waals surface area contributed by atoms with Gasteiger partial charge in [-0.25, -0.2) is 0 Å². The molecule has 0 amide bonds. The van der Waals surface area contributed by atoms with Crippen LogP contribution in [0, 0.1) is 17.3 Å². The van der Waals surface area contributed by atoms with Crippen molar-refractivity contribution in [3.8, 4) is 5.75 Å². The van der Waals surface area contributed by atoms with E-state index in [0.717, 1.165) is 31.4 Å². The van der Waals surface area contributed by atoms with Gasteiger partial charge in [0.25, 0.3) is 0 Å². The summed E-state index contributed by atoms with van der Waals surface area (Å²) in [5, 5.41) is 10.8. The Morgan fingerprint density at radius 3 is 2.91 bits per heavy atom. The number of allylic oxidation sites excluding steroid dienone is 2.